The minimum atomic E-state index is 0.497. The Morgan fingerprint density at radius 2 is 2.03 bits per heavy atom. The Balaban J connectivity index is 1.28. The second-order valence-electron chi connectivity index (χ2n) is 7.68. The average molecular weight is 441 g/mol. The monoisotopic (exact) mass is 440 g/mol. The fraction of sp³-hybridized carbons (Fsp3) is 0.304. The highest BCUT2D eigenvalue weighted by molar-refractivity contribution is 7.80. The molecule has 1 aliphatic rings. The number of thiocarbonyl (C=S) groups is 1. The molecule has 1 atom stereocenters. The fourth-order valence-electron chi connectivity index (χ4n) is 3.63. The molecule has 0 aliphatic carbocycles. The van der Waals surface area contributed by atoms with Crippen LogP contribution in [0.15, 0.2) is 59.1 Å². The molecule has 0 radical (unpaired) electrons. The third-order valence-corrected chi connectivity index (χ3v) is 5.70. The lowest BCUT2D eigenvalue weighted by Crippen LogP contribution is -2.34. The van der Waals surface area contributed by atoms with Crippen LogP contribution in [0.25, 0.3) is 11.3 Å². The Morgan fingerprint density at radius 1 is 1.20 bits per heavy atom. The first-order chi connectivity index (χ1) is 14.6. The lowest BCUT2D eigenvalue weighted by atomic mass is 10.0. The van der Waals surface area contributed by atoms with Crippen molar-refractivity contribution < 1.29 is 4.42 Å². The van der Waals surface area contributed by atoms with E-state index >= 15 is 0 Å². The molecule has 0 saturated carbocycles. The first-order valence-corrected chi connectivity index (χ1v) is 11.0. The Morgan fingerprint density at radius 3 is 2.77 bits per heavy atom. The number of nitrogens with one attached hydrogen (secondary N) is 2. The van der Waals surface area contributed by atoms with Gasteiger partial charge in [0.15, 0.2) is 5.11 Å². The summed E-state index contributed by atoms with van der Waals surface area (Å²) in [6.07, 6.45) is 4.35. The average Bonchev–Trinajstić information content (AvgIpc) is 3.22. The van der Waals surface area contributed by atoms with Crippen LogP contribution >= 0.6 is 23.8 Å². The van der Waals surface area contributed by atoms with E-state index in [4.69, 9.17) is 28.2 Å². The van der Waals surface area contributed by atoms with Gasteiger partial charge in [0.2, 0.25) is 0 Å². The number of aromatic nitrogens is 1. The summed E-state index contributed by atoms with van der Waals surface area (Å²) in [5, 5.41) is 7.58. The molecule has 0 amide bonds. The van der Waals surface area contributed by atoms with Gasteiger partial charge in [0.1, 0.15) is 17.3 Å². The van der Waals surface area contributed by atoms with Gasteiger partial charge < -0.3 is 20.0 Å². The van der Waals surface area contributed by atoms with Gasteiger partial charge in [-0.1, -0.05) is 18.5 Å². The van der Waals surface area contributed by atoms with Crippen LogP contribution in [0.2, 0.25) is 5.02 Å². The first-order valence-electron chi connectivity index (χ1n) is 10.2. The number of anilines is 2. The van der Waals surface area contributed by atoms with Gasteiger partial charge in [0.25, 0.3) is 0 Å². The largest absolute Gasteiger partial charge is 0.459 e. The van der Waals surface area contributed by atoms with E-state index in [1.165, 1.54) is 12.8 Å². The molecule has 30 heavy (non-hydrogen) atoms. The third-order valence-electron chi connectivity index (χ3n) is 5.20. The molecular formula is C23H25ClN4OS. The first kappa shape index (κ1) is 20.7. The minimum absolute atomic E-state index is 0.497. The Bertz CT molecular complexity index is 987. The smallest absolute Gasteiger partial charge is 0.171 e. The number of piperidine rings is 1. The normalized spacial score (nSPS) is 16.3. The van der Waals surface area contributed by atoms with Crippen molar-refractivity contribution in [1.82, 2.24) is 10.3 Å². The summed E-state index contributed by atoms with van der Waals surface area (Å²) < 4.78 is 5.89. The maximum atomic E-state index is 5.94. The lowest BCUT2D eigenvalue weighted by Gasteiger charge is -2.31. The lowest BCUT2D eigenvalue weighted by molar-refractivity contribution is 0.444. The van der Waals surface area contributed by atoms with Gasteiger partial charge in [-0.15, -0.1) is 0 Å². The number of nitrogens with zero attached hydrogens (tertiary/aromatic N) is 2. The van der Waals surface area contributed by atoms with E-state index in [9.17, 15) is 0 Å². The van der Waals surface area contributed by atoms with Crippen molar-refractivity contribution in [2.24, 2.45) is 5.92 Å². The van der Waals surface area contributed by atoms with E-state index in [0.29, 0.717) is 16.7 Å². The molecule has 0 unspecified atom stereocenters. The van der Waals surface area contributed by atoms with Crippen LogP contribution in [0.5, 0.6) is 0 Å². The van der Waals surface area contributed by atoms with Crippen molar-refractivity contribution in [1.29, 1.82) is 0 Å². The molecule has 0 bridgehead atoms. The Labute approximate surface area is 187 Å². The summed E-state index contributed by atoms with van der Waals surface area (Å²) >= 11 is 11.3. The molecule has 2 aromatic heterocycles. The summed E-state index contributed by atoms with van der Waals surface area (Å²) in [6, 6.07) is 15.5. The predicted octanol–water partition coefficient (Wildman–Crippen LogP) is 5.72. The van der Waals surface area contributed by atoms with E-state index in [0.717, 1.165) is 47.6 Å². The van der Waals surface area contributed by atoms with Gasteiger partial charge in [-0.3, -0.25) is 0 Å². The van der Waals surface area contributed by atoms with Crippen LogP contribution in [-0.4, -0.2) is 23.2 Å². The molecule has 1 fully saturated rings. The Hall–Kier alpha value is -2.57. The van der Waals surface area contributed by atoms with E-state index in [1.807, 2.05) is 54.7 Å². The molecule has 3 heterocycles. The predicted molar refractivity (Wildman–Crippen MR) is 127 cm³/mol. The van der Waals surface area contributed by atoms with E-state index < -0.39 is 0 Å². The molecule has 2 N–H and O–H groups in total. The van der Waals surface area contributed by atoms with E-state index in [-0.39, 0.29) is 0 Å². The quantitative estimate of drug-likeness (QED) is 0.495. The molecule has 4 rings (SSSR count). The SMILES string of the molecule is C[C@H]1CCCN(c2ccc(NC(=S)NCc3ccc(-c4ccc(Cl)cc4)o3)cn2)C1. The molecule has 1 aromatic carbocycles. The third kappa shape index (κ3) is 5.32. The van der Waals surface area contributed by atoms with E-state index in [1.54, 1.807) is 0 Å². The molecule has 0 spiro atoms. The van der Waals surface area contributed by atoms with Gasteiger partial charge in [-0.25, -0.2) is 4.98 Å². The van der Waals surface area contributed by atoms with Gasteiger partial charge >= 0.3 is 0 Å². The number of hydrogen-bond acceptors (Lipinski definition) is 4. The zero-order chi connectivity index (χ0) is 20.9. The highest BCUT2D eigenvalue weighted by Gasteiger charge is 2.17. The van der Waals surface area contributed by atoms with Crippen molar-refractivity contribution in [3.05, 3.63) is 65.5 Å². The summed E-state index contributed by atoms with van der Waals surface area (Å²) in [5.41, 5.74) is 1.85. The van der Waals surface area contributed by atoms with Crippen LogP contribution in [0.1, 0.15) is 25.5 Å². The second-order valence-corrected chi connectivity index (χ2v) is 8.52. The number of rotatable bonds is 5. The maximum Gasteiger partial charge on any atom is 0.171 e. The summed E-state index contributed by atoms with van der Waals surface area (Å²) in [6.45, 7) is 4.94. The minimum Gasteiger partial charge on any atom is -0.459 e. The van der Waals surface area contributed by atoms with Gasteiger partial charge in [0, 0.05) is 23.7 Å². The molecule has 3 aromatic rings. The summed E-state index contributed by atoms with van der Waals surface area (Å²) in [4.78, 5) is 6.95. The van der Waals surface area contributed by atoms with Crippen molar-refractivity contribution in [2.45, 2.75) is 26.3 Å². The molecule has 1 aliphatic heterocycles. The maximum absolute atomic E-state index is 5.94. The van der Waals surface area contributed by atoms with Crippen LogP contribution in [0, 0.1) is 5.92 Å². The highest BCUT2D eigenvalue weighted by atomic mass is 35.5. The number of furan rings is 1. The molecule has 7 heteroatoms. The van der Waals surface area contributed by atoms with Crippen LogP contribution in [0.3, 0.4) is 0 Å². The standard InChI is InChI=1S/C23H25ClN4OS/c1-16-3-2-12-28(15-16)22-11-8-19(13-25-22)27-23(30)26-14-20-9-10-21(29-20)17-4-6-18(24)7-5-17/h4-11,13,16H,2-3,12,14-15H2,1H3,(H2,26,27,30)/t16-/m0/s1. The Kier molecular flexibility index (Phi) is 6.55. The van der Waals surface area contributed by atoms with Gasteiger partial charge in [-0.05, 0) is 79.5 Å². The van der Waals surface area contributed by atoms with Crippen LogP contribution in [0.4, 0.5) is 11.5 Å². The molecule has 5 nitrogen and oxygen atoms in total. The fourth-order valence-corrected chi connectivity index (χ4v) is 3.95. The van der Waals surface area contributed by atoms with Crippen LogP contribution < -0.4 is 15.5 Å². The zero-order valence-electron chi connectivity index (χ0n) is 16.9. The molecule has 156 valence electrons. The van der Waals surface area contributed by atoms with Crippen molar-refractivity contribution in [3.8, 4) is 11.3 Å². The molecular weight excluding hydrogens is 416 g/mol. The van der Waals surface area contributed by atoms with Gasteiger partial charge in [0.05, 0.1) is 18.4 Å². The summed E-state index contributed by atoms with van der Waals surface area (Å²) in [5.74, 6) is 3.35. The topological polar surface area (TPSA) is 53.3 Å². The summed E-state index contributed by atoms with van der Waals surface area (Å²) in [7, 11) is 0. The number of pyridine rings is 1. The second kappa shape index (κ2) is 9.49. The van der Waals surface area contributed by atoms with Crippen molar-refractivity contribution >= 4 is 40.4 Å². The number of halogens is 1. The van der Waals surface area contributed by atoms with Crippen molar-refractivity contribution in [3.63, 3.8) is 0 Å². The van der Waals surface area contributed by atoms with E-state index in [2.05, 4.69) is 27.4 Å². The number of hydrogen-bond donors (Lipinski definition) is 2. The van der Waals surface area contributed by atoms with Crippen LogP contribution in [-0.2, 0) is 6.54 Å². The number of benzene rings is 1. The molecule has 1 saturated heterocycles. The highest BCUT2D eigenvalue weighted by Crippen LogP contribution is 2.24. The zero-order valence-corrected chi connectivity index (χ0v) is 18.5. The van der Waals surface area contributed by atoms with Crippen molar-refractivity contribution in [2.75, 3.05) is 23.3 Å². The van der Waals surface area contributed by atoms with Gasteiger partial charge in [-0.2, -0.15) is 0 Å².